The molecule has 0 aliphatic carbocycles. The van der Waals surface area contributed by atoms with Gasteiger partial charge in [-0.1, -0.05) is 6.07 Å². The number of amides is 1. The highest BCUT2D eigenvalue weighted by atomic mass is 16.5. The van der Waals surface area contributed by atoms with Crippen LogP contribution in [0.15, 0.2) is 30.5 Å². The van der Waals surface area contributed by atoms with E-state index in [0.717, 1.165) is 68.0 Å². The second-order valence-electron chi connectivity index (χ2n) is 6.80. The molecular weight excluding hydrogens is 342 g/mol. The molecule has 0 saturated carbocycles. The Morgan fingerprint density at radius 2 is 2.11 bits per heavy atom. The van der Waals surface area contributed by atoms with Gasteiger partial charge in [0.05, 0.1) is 7.11 Å². The van der Waals surface area contributed by atoms with Gasteiger partial charge in [-0.3, -0.25) is 14.7 Å². The second-order valence-corrected chi connectivity index (χ2v) is 6.80. The summed E-state index contributed by atoms with van der Waals surface area (Å²) in [6.45, 7) is 5.83. The zero-order chi connectivity index (χ0) is 19.1. The molecule has 2 heterocycles. The van der Waals surface area contributed by atoms with Gasteiger partial charge in [-0.2, -0.15) is 0 Å². The zero-order valence-corrected chi connectivity index (χ0v) is 16.0. The van der Waals surface area contributed by atoms with Crippen LogP contribution in [-0.2, 0) is 4.79 Å². The summed E-state index contributed by atoms with van der Waals surface area (Å²) in [7, 11) is 1.64. The first-order chi connectivity index (χ1) is 13.2. The number of rotatable bonds is 8. The predicted molar refractivity (Wildman–Crippen MR) is 108 cm³/mol. The average Bonchev–Trinajstić information content (AvgIpc) is 2.72. The first-order valence-electron chi connectivity index (χ1n) is 9.58. The number of carbonyl (C=O) groups is 1. The lowest BCUT2D eigenvalue weighted by atomic mass is 10.1. The summed E-state index contributed by atoms with van der Waals surface area (Å²) in [4.78, 5) is 21.2. The summed E-state index contributed by atoms with van der Waals surface area (Å²) < 4.78 is 5.44. The molecule has 1 saturated heterocycles. The van der Waals surface area contributed by atoms with Gasteiger partial charge in [0, 0.05) is 62.5 Å². The molecule has 1 amide bonds. The summed E-state index contributed by atoms with van der Waals surface area (Å²) in [5.74, 6) is 0.936. The molecule has 0 unspecified atom stereocenters. The lowest BCUT2D eigenvalue weighted by Gasteiger charge is -2.34. The van der Waals surface area contributed by atoms with Crippen molar-refractivity contribution >= 4 is 22.5 Å². The molecule has 1 aromatic heterocycles. The first kappa shape index (κ1) is 19.4. The normalized spacial score (nSPS) is 15.1. The van der Waals surface area contributed by atoms with Gasteiger partial charge in [-0.15, -0.1) is 0 Å². The van der Waals surface area contributed by atoms with Gasteiger partial charge in [-0.05, 0) is 31.6 Å². The fourth-order valence-electron chi connectivity index (χ4n) is 3.42. The third-order valence-electron chi connectivity index (χ3n) is 4.96. The fraction of sp³-hybridized carbons (Fsp3) is 0.500. The van der Waals surface area contributed by atoms with Crippen molar-refractivity contribution in [3.05, 3.63) is 30.5 Å². The molecule has 1 aliphatic rings. The van der Waals surface area contributed by atoms with E-state index in [-0.39, 0.29) is 5.91 Å². The number of ether oxygens (including phenoxy) is 1. The van der Waals surface area contributed by atoms with Crippen molar-refractivity contribution in [1.29, 1.82) is 0 Å². The van der Waals surface area contributed by atoms with Crippen LogP contribution in [0.4, 0.5) is 5.69 Å². The topological polar surface area (TPSA) is 83.7 Å². The van der Waals surface area contributed by atoms with Crippen molar-refractivity contribution in [2.24, 2.45) is 5.73 Å². The molecule has 0 atom stereocenters. The number of piperazine rings is 1. The molecule has 0 bridgehead atoms. The molecule has 2 aromatic rings. The Kier molecular flexibility index (Phi) is 6.84. The summed E-state index contributed by atoms with van der Waals surface area (Å²) >= 11 is 0. The summed E-state index contributed by atoms with van der Waals surface area (Å²) in [5, 5.41) is 4.35. The Labute approximate surface area is 160 Å². The van der Waals surface area contributed by atoms with Crippen molar-refractivity contribution in [3.8, 4) is 5.75 Å². The molecule has 3 N–H and O–H groups in total. The van der Waals surface area contributed by atoms with Gasteiger partial charge in [0.1, 0.15) is 11.3 Å². The Morgan fingerprint density at radius 1 is 1.30 bits per heavy atom. The van der Waals surface area contributed by atoms with Crippen molar-refractivity contribution in [3.63, 3.8) is 0 Å². The maximum absolute atomic E-state index is 12.5. The van der Waals surface area contributed by atoms with Crippen LogP contribution in [0.3, 0.4) is 0 Å². The van der Waals surface area contributed by atoms with Gasteiger partial charge in [0.15, 0.2) is 0 Å². The molecule has 0 spiro atoms. The second kappa shape index (κ2) is 9.53. The molecule has 3 rings (SSSR count). The van der Waals surface area contributed by atoms with Crippen molar-refractivity contribution in [2.45, 2.75) is 12.8 Å². The van der Waals surface area contributed by atoms with E-state index < -0.39 is 0 Å². The number of aromatic nitrogens is 1. The maximum Gasteiger partial charge on any atom is 0.224 e. The average molecular weight is 371 g/mol. The predicted octanol–water partition coefficient (Wildman–Crippen LogP) is 1.54. The minimum absolute atomic E-state index is 0.204. The lowest BCUT2D eigenvalue weighted by Crippen LogP contribution is -2.49. The summed E-state index contributed by atoms with van der Waals surface area (Å²) in [5.41, 5.74) is 7.34. The molecule has 7 heteroatoms. The number of nitrogens with zero attached hydrogens (tertiary/aromatic N) is 3. The highest BCUT2D eigenvalue weighted by Crippen LogP contribution is 2.28. The molecule has 1 aliphatic heterocycles. The zero-order valence-electron chi connectivity index (χ0n) is 16.0. The number of benzene rings is 1. The van der Waals surface area contributed by atoms with Crippen molar-refractivity contribution in [1.82, 2.24) is 14.8 Å². The molecule has 27 heavy (non-hydrogen) atoms. The standard InChI is InChI=1S/C20H29N5O2/c1-27-18-15-17(14-16-4-2-7-23-20(16)18)22-8-5-19(26)25-12-10-24(11-13-25)9-3-6-21/h2,4,7,14-15,22H,3,5-6,8-13,21H2,1H3. The number of nitrogens with two attached hydrogens (primary N) is 1. The first-order valence-corrected chi connectivity index (χ1v) is 9.58. The lowest BCUT2D eigenvalue weighted by molar-refractivity contribution is -0.132. The van der Waals surface area contributed by atoms with E-state index in [4.69, 9.17) is 10.5 Å². The summed E-state index contributed by atoms with van der Waals surface area (Å²) in [6, 6.07) is 7.87. The highest BCUT2D eigenvalue weighted by molar-refractivity contribution is 5.88. The van der Waals surface area contributed by atoms with Crippen molar-refractivity contribution < 1.29 is 9.53 Å². The van der Waals surface area contributed by atoms with E-state index in [1.54, 1.807) is 13.3 Å². The largest absolute Gasteiger partial charge is 0.494 e. The SMILES string of the molecule is COc1cc(NCCC(=O)N2CCN(CCCN)CC2)cc2cccnc12. The van der Waals surface area contributed by atoms with Gasteiger partial charge < -0.3 is 20.7 Å². The Morgan fingerprint density at radius 3 is 2.85 bits per heavy atom. The molecule has 0 radical (unpaired) electrons. The van der Waals surface area contributed by atoms with E-state index in [1.807, 2.05) is 29.2 Å². The molecular formula is C20H29N5O2. The molecule has 146 valence electrons. The number of nitrogens with one attached hydrogen (secondary N) is 1. The van der Waals surface area contributed by atoms with Crippen molar-refractivity contribution in [2.75, 3.05) is 58.2 Å². The third-order valence-corrected chi connectivity index (χ3v) is 4.96. The van der Waals surface area contributed by atoms with Crippen LogP contribution < -0.4 is 15.8 Å². The number of anilines is 1. The van der Waals surface area contributed by atoms with Crippen LogP contribution in [0.5, 0.6) is 5.75 Å². The Hall–Kier alpha value is -2.38. The van der Waals surface area contributed by atoms with Crippen LogP contribution in [0.25, 0.3) is 10.9 Å². The highest BCUT2D eigenvalue weighted by Gasteiger charge is 2.20. The minimum Gasteiger partial charge on any atom is -0.494 e. The van der Waals surface area contributed by atoms with Crippen LogP contribution >= 0.6 is 0 Å². The number of pyridine rings is 1. The number of carbonyl (C=O) groups excluding carboxylic acids is 1. The van der Waals surface area contributed by atoms with Gasteiger partial charge in [0.25, 0.3) is 0 Å². The number of fused-ring (bicyclic) bond motifs is 1. The van der Waals surface area contributed by atoms with E-state index in [2.05, 4.69) is 15.2 Å². The van der Waals surface area contributed by atoms with E-state index in [1.165, 1.54) is 0 Å². The van der Waals surface area contributed by atoms with Gasteiger partial charge in [-0.25, -0.2) is 0 Å². The molecule has 1 fully saturated rings. The van der Waals surface area contributed by atoms with Crippen LogP contribution in [-0.4, -0.2) is 73.6 Å². The van der Waals surface area contributed by atoms with E-state index >= 15 is 0 Å². The van der Waals surface area contributed by atoms with Gasteiger partial charge >= 0.3 is 0 Å². The van der Waals surface area contributed by atoms with Crippen LogP contribution in [0.2, 0.25) is 0 Å². The minimum atomic E-state index is 0.204. The quantitative estimate of drug-likeness (QED) is 0.732. The summed E-state index contributed by atoms with van der Waals surface area (Å²) in [6.07, 6.45) is 3.26. The number of methoxy groups -OCH3 is 1. The van der Waals surface area contributed by atoms with Crippen LogP contribution in [0, 0.1) is 0 Å². The van der Waals surface area contributed by atoms with E-state index in [0.29, 0.717) is 13.0 Å². The smallest absolute Gasteiger partial charge is 0.224 e. The van der Waals surface area contributed by atoms with Crippen LogP contribution in [0.1, 0.15) is 12.8 Å². The Bertz CT molecular complexity index is 759. The number of hydrogen-bond acceptors (Lipinski definition) is 6. The third kappa shape index (κ3) is 5.08. The number of hydrogen-bond donors (Lipinski definition) is 2. The molecule has 7 nitrogen and oxygen atoms in total. The monoisotopic (exact) mass is 371 g/mol. The Balaban J connectivity index is 1.48. The fourth-order valence-corrected chi connectivity index (χ4v) is 3.42. The van der Waals surface area contributed by atoms with E-state index in [9.17, 15) is 4.79 Å². The molecule has 1 aromatic carbocycles. The maximum atomic E-state index is 12.5. The van der Waals surface area contributed by atoms with Gasteiger partial charge in [0.2, 0.25) is 5.91 Å².